The number of halogens is 3. The molecular weight excluding hydrogens is 294 g/mol. The molecule has 2 nitrogen and oxygen atoms in total. The minimum atomic E-state index is -0.342. The molecule has 16 heavy (non-hydrogen) atoms. The van der Waals surface area contributed by atoms with Crippen LogP contribution in [0.4, 0.5) is 10.1 Å². The van der Waals surface area contributed by atoms with E-state index < -0.39 is 0 Å². The van der Waals surface area contributed by atoms with Crippen molar-refractivity contribution in [2.45, 2.75) is 31.3 Å². The summed E-state index contributed by atoms with van der Waals surface area (Å²) in [6, 6.07) is 3.30. The van der Waals surface area contributed by atoms with E-state index in [0.717, 1.165) is 24.9 Å². The molecule has 0 bridgehead atoms. The van der Waals surface area contributed by atoms with E-state index in [9.17, 15) is 4.39 Å². The van der Waals surface area contributed by atoms with Gasteiger partial charge in [-0.1, -0.05) is 11.6 Å². The molecule has 5 heteroatoms. The van der Waals surface area contributed by atoms with Crippen LogP contribution in [0.2, 0.25) is 5.02 Å². The molecule has 0 heterocycles. The molecule has 0 amide bonds. The molecule has 2 unspecified atom stereocenters. The molecule has 1 aromatic rings. The van der Waals surface area contributed by atoms with Gasteiger partial charge in [0, 0.05) is 16.6 Å². The Labute approximate surface area is 107 Å². The Kier molecular flexibility index (Phi) is 3.72. The molecule has 0 aromatic heterocycles. The van der Waals surface area contributed by atoms with Crippen LogP contribution in [0.3, 0.4) is 0 Å². The first-order valence-corrected chi connectivity index (χ1v) is 6.40. The van der Waals surface area contributed by atoms with Gasteiger partial charge in [-0.05, 0) is 47.3 Å². The molecule has 0 spiro atoms. The smallest absolute Gasteiger partial charge is 0.125 e. The summed E-state index contributed by atoms with van der Waals surface area (Å²) in [5.74, 6) is -0.342. The van der Waals surface area contributed by atoms with Crippen molar-refractivity contribution in [1.82, 2.24) is 0 Å². The van der Waals surface area contributed by atoms with Gasteiger partial charge in [-0.25, -0.2) is 4.39 Å². The highest BCUT2D eigenvalue weighted by atomic mass is 79.9. The highest BCUT2D eigenvalue weighted by molar-refractivity contribution is 9.10. The fourth-order valence-corrected chi connectivity index (χ4v) is 2.95. The summed E-state index contributed by atoms with van der Waals surface area (Å²) in [7, 11) is 0. The summed E-state index contributed by atoms with van der Waals surface area (Å²) in [5, 5.41) is 3.71. The Bertz CT molecular complexity index is 377. The molecule has 1 aliphatic carbocycles. The molecule has 1 aliphatic rings. The molecule has 1 aromatic carbocycles. The van der Waals surface area contributed by atoms with Crippen molar-refractivity contribution in [3.05, 3.63) is 27.4 Å². The largest absolute Gasteiger partial charge is 0.380 e. The van der Waals surface area contributed by atoms with Crippen LogP contribution in [0.1, 0.15) is 19.3 Å². The van der Waals surface area contributed by atoms with Gasteiger partial charge in [-0.2, -0.15) is 0 Å². The van der Waals surface area contributed by atoms with Crippen molar-refractivity contribution in [2.75, 3.05) is 5.32 Å². The highest BCUT2D eigenvalue weighted by Gasteiger charge is 2.22. The van der Waals surface area contributed by atoms with Crippen LogP contribution in [-0.4, -0.2) is 12.1 Å². The van der Waals surface area contributed by atoms with Gasteiger partial charge in [0.1, 0.15) is 5.82 Å². The summed E-state index contributed by atoms with van der Waals surface area (Å²) in [6.45, 7) is 0. The predicted octanol–water partition coefficient (Wildman–Crippen LogP) is 3.53. The summed E-state index contributed by atoms with van der Waals surface area (Å²) in [6.07, 6.45) is 2.98. The van der Waals surface area contributed by atoms with E-state index in [1.807, 2.05) is 0 Å². The lowest BCUT2D eigenvalue weighted by molar-refractivity contribution is 0.626. The third kappa shape index (κ3) is 2.67. The SMILES string of the molecule is NC1CCC(Nc2c(Cl)cc(F)cc2Br)C1. The van der Waals surface area contributed by atoms with Crippen molar-refractivity contribution in [1.29, 1.82) is 0 Å². The van der Waals surface area contributed by atoms with E-state index >= 15 is 0 Å². The highest BCUT2D eigenvalue weighted by Crippen LogP contribution is 2.34. The zero-order valence-electron chi connectivity index (χ0n) is 8.64. The maximum absolute atomic E-state index is 13.0. The maximum atomic E-state index is 13.0. The number of hydrogen-bond donors (Lipinski definition) is 2. The second-order valence-corrected chi connectivity index (χ2v) is 5.42. The van der Waals surface area contributed by atoms with Crippen LogP contribution in [-0.2, 0) is 0 Å². The first kappa shape index (κ1) is 12.1. The number of nitrogens with two attached hydrogens (primary N) is 1. The second-order valence-electron chi connectivity index (χ2n) is 4.16. The van der Waals surface area contributed by atoms with Crippen LogP contribution in [0, 0.1) is 5.82 Å². The lowest BCUT2D eigenvalue weighted by atomic mass is 10.2. The molecule has 1 saturated carbocycles. The number of hydrogen-bond acceptors (Lipinski definition) is 2. The third-order valence-electron chi connectivity index (χ3n) is 2.83. The van der Waals surface area contributed by atoms with E-state index in [4.69, 9.17) is 17.3 Å². The van der Waals surface area contributed by atoms with Crippen LogP contribution >= 0.6 is 27.5 Å². The Morgan fingerprint density at radius 1 is 1.44 bits per heavy atom. The first-order valence-electron chi connectivity index (χ1n) is 5.23. The van der Waals surface area contributed by atoms with Gasteiger partial charge >= 0.3 is 0 Å². The summed E-state index contributed by atoms with van der Waals surface area (Å²) in [4.78, 5) is 0. The second kappa shape index (κ2) is 4.90. The van der Waals surface area contributed by atoms with Crippen LogP contribution in [0.5, 0.6) is 0 Å². The van der Waals surface area contributed by atoms with E-state index in [1.54, 1.807) is 0 Å². The molecule has 1 fully saturated rings. The van der Waals surface area contributed by atoms with Crippen molar-refractivity contribution >= 4 is 33.2 Å². The van der Waals surface area contributed by atoms with Crippen LogP contribution < -0.4 is 11.1 Å². The average Bonchev–Trinajstić information content (AvgIpc) is 2.58. The van der Waals surface area contributed by atoms with Crippen molar-refractivity contribution < 1.29 is 4.39 Å². The van der Waals surface area contributed by atoms with Crippen molar-refractivity contribution in [3.8, 4) is 0 Å². The minimum absolute atomic E-state index is 0.260. The summed E-state index contributed by atoms with van der Waals surface area (Å²) in [5.41, 5.74) is 6.59. The third-order valence-corrected chi connectivity index (χ3v) is 3.75. The van der Waals surface area contributed by atoms with Gasteiger partial charge < -0.3 is 11.1 Å². The Hall–Kier alpha value is -0.320. The minimum Gasteiger partial charge on any atom is -0.380 e. The maximum Gasteiger partial charge on any atom is 0.125 e. The predicted molar refractivity (Wildman–Crippen MR) is 68.3 cm³/mol. The Morgan fingerprint density at radius 2 is 2.19 bits per heavy atom. The van der Waals surface area contributed by atoms with Crippen LogP contribution in [0.25, 0.3) is 0 Å². The number of nitrogens with one attached hydrogen (secondary N) is 1. The van der Waals surface area contributed by atoms with Gasteiger partial charge in [0.05, 0.1) is 10.7 Å². The molecule has 2 atom stereocenters. The molecule has 0 saturated heterocycles. The number of rotatable bonds is 2. The lowest BCUT2D eigenvalue weighted by Gasteiger charge is -2.16. The van der Waals surface area contributed by atoms with Gasteiger partial charge in [-0.3, -0.25) is 0 Å². The van der Waals surface area contributed by atoms with Gasteiger partial charge in [0.2, 0.25) is 0 Å². The topological polar surface area (TPSA) is 38.0 Å². The Balaban J connectivity index is 2.15. The standard InChI is InChI=1S/C11H13BrClFN2/c12-9-3-6(14)4-10(13)11(9)16-8-2-1-7(15)5-8/h3-4,7-8,16H,1-2,5,15H2. The first-order chi connectivity index (χ1) is 7.56. The quantitative estimate of drug-likeness (QED) is 0.877. The van der Waals surface area contributed by atoms with Gasteiger partial charge in [0.25, 0.3) is 0 Å². The van der Waals surface area contributed by atoms with Gasteiger partial charge in [0.15, 0.2) is 0 Å². The number of anilines is 1. The fraction of sp³-hybridized carbons (Fsp3) is 0.455. The summed E-state index contributed by atoms with van der Waals surface area (Å²) < 4.78 is 13.7. The normalized spacial score (nSPS) is 24.8. The van der Waals surface area contributed by atoms with Crippen molar-refractivity contribution in [2.24, 2.45) is 5.73 Å². The van der Waals surface area contributed by atoms with Crippen LogP contribution in [0.15, 0.2) is 16.6 Å². The molecule has 3 N–H and O–H groups in total. The molecule has 2 rings (SSSR count). The number of benzene rings is 1. The van der Waals surface area contributed by atoms with Gasteiger partial charge in [-0.15, -0.1) is 0 Å². The lowest BCUT2D eigenvalue weighted by Crippen LogP contribution is -2.21. The Morgan fingerprint density at radius 3 is 2.75 bits per heavy atom. The fourth-order valence-electron chi connectivity index (χ4n) is 2.03. The monoisotopic (exact) mass is 306 g/mol. The molecule has 88 valence electrons. The van der Waals surface area contributed by atoms with E-state index in [-0.39, 0.29) is 11.9 Å². The zero-order chi connectivity index (χ0) is 11.7. The molecular formula is C11H13BrClFN2. The zero-order valence-corrected chi connectivity index (χ0v) is 11.0. The summed E-state index contributed by atoms with van der Waals surface area (Å²) >= 11 is 9.29. The molecule has 0 radical (unpaired) electrons. The van der Waals surface area contributed by atoms with Crippen molar-refractivity contribution in [3.63, 3.8) is 0 Å². The average molecular weight is 308 g/mol. The van der Waals surface area contributed by atoms with E-state index in [2.05, 4.69) is 21.2 Å². The molecule has 0 aliphatic heterocycles. The van der Waals surface area contributed by atoms with E-state index in [0.29, 0.717) is 15.5 Å². The van der Waals surface area contributed by atoms with E-state index in [1.165, 1.54) is 12.1 Å².